The highest BCUT2D eigenvalue weighted by molar-refractivity contribution is 6.09. The van der Waals surface area contributed by atoms with Crippen LogP contribution < -0.4 is 9.64 Å². The molecule has 23 heavy (non-hydrogen) atoms. The summed E-state index contributed by atoms with van der Waals surface area (Å²) >= 11 is 0. The molecule has 1 heterocycles. The van der Waals surface area contributed by atoms with Gasteiger partial charge in [-0.2, -0.15) is 0 Å². The topological polar surface area (TPSA) is 29.5 Å². The molecule has 116 valence electrons. The molecule has 2 aliphatic rings. The van der Waals surface area contributed by atoms with E-state index in [1.807, 2.05) is 18.2 Å². The fourth-order valence-corrected chi connectivity index (χ4v) is 3.68. The number of hydrogen-bond donors (Lipinski definition) is 0. The van der Waals surface area contributed by atoms with E-state index in [2.05, 4.69) is 36.2 Å². The van der Waals surface area contributed by atoms with E-state index in [1.165, 1.54) is 22.3 Å². The average Bonchev–Trinajstić information content (AvgIpc) is 2.69. The lowest BCUT2D eigenvalue weighted by molar-refractivity contribution is -0.118. The number of carbonyl (C=O) groups excluding carboxylic acids is 1. The summed E-state index contributed by atoms with van der Waals surface area (Å²) in [5.41, 5.74) is 7.16. The third-order valence-electron chi connectivity index (χ3n) is 4.87. The van der Waals surface area contributed by atoms with Gasteiger partial charge in [-0.1, -0.05) is 18.2 Å². The van der Waals surface area contributed by atoms with E-state index in [9.17, 15) is 4.79 Å². The van der Waals surface area contributed by atoms with Crippen molar-refractivity contribution in [1.82, 2.24) is 0 Å². The van der Waals surface area contributed by atoms with Crippen LogP contribution >= 0.6 is 0 Å². The van der Waals surface area contributed by atoms with Gasteiger partial charge in [0, 0.05) is 42.8 Å². The monoisotopic (exact) mass is 305 g/mol. The van der Waals surface area contributed by atoms with Gasteiger partial charge < -0.3 is 9.64 Å². The summed E-state index contributed by atoms with van der Waals surface area (Å²) in [6.07, 6.45) is 1.98. The zero-order chi connectivity index (χ0) is 16.0. The molecule has 1 aliphatic carbocycles. The van der Waals surface area contributed by atoms with Gasteiger partial charge >= 0.3 is 0 Å². The molecule has 0 fully saturated rings. The van der Waals surface area contributed by atoms with E-state index in [0.717, 1.165) is 23.5 Å². The number of carbonyl (C=O) groups is 1. The number of anilines is 2. The quantitative estimate of drug-likeness (QED) is 0.780. The SMILES string of the molecule is COc1ccc2c(c1)N(C)c1ccccc1C1=C2CCC(=O)C1. The molecular formula is C20H19NO2. The maximum absolute atomic E-state index is 12.1. The second-order valence-corrected chi connectivity index (χ2v) is 6.13. The standard InChI is InChI=1S/C20H19NO2/c1-21-19-6-4-3-5-16(19)18-11-13(22)7-9-15(18)17-10-8-14(23-2)12-20(17)21/h3-6,8,10,12H,7,9,11H2,1-2H3. The third kappa shape index (κ3) is 2.15. The molecule has 0 aromatic heterocycles. The Labute approximate surface area is 136 Å². The zero-order valence-electron chi connectivity index (χ0n) is 13.4. The van der Waals surface area contributed by atoms with Gasteiger partial charge in [0.05, 0.1) is 12.8 Å². The summed E-state index contributed by atoms with van der Waals surface area (Å²) in [5.74, 6) is 1.18. The maximum atomic E-state index is 12.1. The average molecular weight is 305 g/mol. The molecule has 0 radical (unpaired) electrons. The van der Waals surface area contributed by atoms with Crippen LogP contribution in [0, 0.1) is 0 Å². The third-order valence-corrected chi connectivity index (χ3v) is 4.87. The molecule has 0 spiro atoms. The van der Waals surface area contributed by atoms with Gasteiger partial charge in [-0.15, -0.1) is 0 Å². The largest absolute Gasteiger partial charge is 0.497 e. The van der Waals surface area contributed by atoms with Crippen molar-refractivity contribution in [2.24, 2.45) is 0 Å². The van der Waals surface area contributed by atoms with Crippen LogP contribution in [-0.2, 0) is 4.79 Å². The molecule has 0 saturated carbocycles. The summed E-state index contributed by atoms with van der Waals surface area (Å²) in [4.78, 5) is 14.3. The van der Waals surface area contributed by atoms with Crippen LogP contribution in [0.4, 0.5) is 11.4 Å². The lowest BCUT2D eigenvalue weighted by Crippen LogP contribution is -2.11. The molecule has 3 nitrogen and oxygen atoms in total. The van der Waals surface area contributed by atoms with Crippen LogP contribution in [0.5, 0.6) is 5.75 Å². The minimum Gasteiger partial charge on any atom is -0.497 e. The van der Waals surface area contributed by atoms with Crippen molar-refractivity contribution in [3.8, 4) is 5.75 Å². The first-order valence-corrected chi connectivity index (χ1v) is 7.94. The maximum Gasteiger partial charge on any atom is 0.137 e. The van der Waals surface area contributed by atoms with Gasteiger partial charge in [-0.3, -0.25) is 4.79 Å². The Balaban J connectivity index is 2.04. The molecule has 4 rings (SSSR count). The van der Waals surface area contributed by atoms with Gasteiger partial charge in [0.15, 0.2) is 0 Å². The lowest BCUT2D eigenvalue weighted by atomic mass is 9.83. The number of ketones is 1. The Kier molecular flexibility index (Phi) is 3.22. The summed E-state index contributed by atoms with van der Waals surface area (Å²) in [5, 5.41) is 0. The predicted octanol–water partition coefficient (Wildman–Crippen LogP) is 4.44. The number of benzene rings is 2. The highest BCUT2D eigenvalue weighted by atomic mass is 16.5. The first-order chi connectivity index (χ1) is 11.2. The Hall–Kier alpha value is -2.55. The van der Waals surface area contributed by atoms with E-state index < -0.39 is 0 Å². The van der Waals surface area contributed by atoms with Gasteiger partial charge in [0.1, 0.15) is 11.5 Å². The summed E-state index contributed by atoms with van der Waals surface area (Å²) in [7, 11) is 3.77. The number of para-hydroxylation sites is 1. The fourth-order valence-electron chi connectivity index (χ4n) is 3.68. The number of nitrogens with zero attached hydrogens (tertiary/aromatic N) is 1. The van der Waals surface area contributed by atoms with Crippen LogP contribution in [0.15, 0.2) is 42.5 Å². The lowest BCUT2D eigenvalue weighted by Gasteiger charge is -2.23. The Morgan fingerprint density at radius 2 is 1.74 bits per heavy atom. The van der Waals surface area contributed by atoms with E-state index >= 15 is 0 Å². The molecule has 0 bridgehead atoms. The van der Waals surface area contributed by atoms with E-state index in [1.54, 1.807) is 7.11 Å². The van der Waals surface area contributed by atoms with Crippen molar-refractivity contribution in [3.05, 3.63) is 53.6 Å². The molecule has 0 unspecified atom stereocenters. The van der Waals surface area contributed by atoms with E-state index in [-0.39, 0.29) is 0 Å². The second kappa shape index (κ2) is 5.27. The normalized spacial score (nSPS) is 16.4. The van der Waals surface area contributed by atoms with Crippen molar-refractivity contribution < 1.29 is 9.53 Å². The molecule has 0 atom stereocenters. The summed E-state index contributed by atoms with van der Waals surface area (Å²) < 4.78 is 5.41. The van der Waals surface area contributed by atoms with Crippen molar-refractivity contribution in [2.45, 2.75) is 19.3 Å². The highest BCUT2D eigenvalue weighted by Crippen LogP contribution is 2.48. The smallest absolute Gasteiger partial charge is 0.137 e. The fraction of sp³-hybridized carbons (Fsp3) is 0.250. The minimum atomic E-state index is 0.332. The first kappa shape index (κ1) is 14.1. The molecule has 0 amide bonds. The van der Waals surface area contributed by atoms with Crippen molar-refractivity contribution >= 4 is 28.3 Å². The molecule has 1 aliphatic heterocycles. The van der Waals surface area contributed by atoms with Gasteiger partial charge in [0.2, 0.25) is 0 Å². The number of hydrogen-bond acceptors (Lipinski definition) is 3. The zero-order valence-corrected chi connectivity index (χ0v) is 13.4. The molecule has 2 aromatic rings. The van der Waals surface area contributed by atoms with Gasteiger partial charge in [-0.05, 0) is 35.8 Å². The Morgan fingerprint density at radius 1 is 0.957 bits per heavy atom. The van der Waals surface area contributed by atoms with Crippen molar-refractivity contribution in [3.63, 3.8) is 0 Å². The van der Waals surface area contributed by atoms with Gasteiger partial charge in [-0.25, -0.2) is 0 Å². The van der Waals surface area contributed by atoms with Crippen LogP contribution in [0.2, 0.25) is 0 Å². The molecule has 0 N–H and O–H groups in total. The van der Waals surface area contributed by atoms with Crippen molar-refractivity contribution in [1.29, 1.82) is 0 Å². The van der Waals surface area contributed by atoms with E-state index in [4.69, 9.17) is 4.74 Å². The molecular weight excluding hydrogens is 286 g/mol. The van der Waals surface area contributed by atoms with Crippen LogP contribution in [0.25, 0.3) is 11.1 Å². The number of methoxy groups -OCH3 is 1. The number of fused-ring (bicyclic) bond motifs is 4. The number of allylic oxidation sites excluding steroid dienone is 2. The van der Waals surface area contributed by atoms with E-state index in [0.29, 0.717) is 18.6 Å². The van der Waals surface area contributed by atoms with Crippen LogP contribution in [-0.4, -0.2) is 19.9 Å². The van der Waals surface area contributed by atoms with Crippen LogP contribution in [0.3, 0.4) is 0 Å². The van der Waals surface area contributed by atoms with Crippen molar-refractivity contribution in [2.75, 3.05) is 19.1 Å². The second-order valence-electron chi connectivity index (χ2n) is 6.13. The Morgan fingerprint density at radius 3 is 2.57 bits per heavy atom. The van der Waals surface area contributed by atoms with Gasteiger partial charge in [0.25, 0.3) is 0 Å². The predicted molar refractivity (Wildman–Crippen MR) is 93.2 cm³/mol. The number of ether oxygens (including phenoxy) is 1. The molecule has 2 aromatic carbocycles. The Bertz CT molecular complexity index is 835. The number of rotatable bonds is 1. The molecule has 0 saturated heterocycles. The highest BCUT2D eigenvalue weighted by Gasteiger charge is 2.28. The summed E-state index contributed by atoms with van der Waals surface area (Å²) in [6, 6.07) is 14.6. The molecule has 3 heteroatoms. The first-order valence-electron chi connectivity index (χ1n) is 7.94. The number of Topliss-reactive ketones (excluding diaryl/α,β-unsaturated/α-hetero) is 1. The minimum absolute atomic E-state index is 0.332. The van der Waals surface area contributed by atoms with Crippen LogP contribution in [0.1, 0.15) is 30.4 Å². The summed E-state index contributed by atoms with van der Waals surface area (Å²) in [6.45, 7) is 0.